The average Bonchev–Trinajstić information content (AvgIpc) is 2.36. The SMILES string of the molecule is CSCC(C)CNC(=O)c1cc(C)ccc1NN. The van der Waals surface area contributed by atoms with Crippen LogP contribution in [-0.2, 0) is 0 Å². The van der Waals surface area contributed by atoms with Crippen LogP contribution < -0.4 is 16.6 Å². The Labute approximate surface area is 113 Å². The Morgan fingerprint density at radius 3 is 2.83 bits per heavy atom. The molecule has 0 radical (unpaired) electrons. The number of nitrogen functional groups attached to an aromatic ring is 1. The van der Waals surface area contributed by atoms with E-state index in [2.05, 4.69) is 23.9 Å². The molecule has 0 aliphatic carbocycles. The number of thioether (sulfide) groups is 1. The van der Waals surface area contributed by atoms with Crippen molar-refractivity contribution in [2.24, 2.45) is 11.8 Å². The van der Waals surface area contributed by atoms with Crippen molar-refractivity contribution in [3.8, 4) is 0 Å². The minimum atomic E-state index is -0.0837. The van der Waals surface area contributed by atoms with Crippen LogP contribution in [0.2, 0.25) is 0 Å². The van der Waals surface area contributed by atoms with Crippen LogP contribution in [0.25, 0.3) is 0 Å². The van der Waals surface area contributed by atoms with Gasteiger partial charge >= 0.3 is 0 Å². The van der Waals surface area contributed by atoms with Crippen molar-refractivity contribution in [1.29, 1.82) is 0 Å². The fourth-order valence-corrected chi connectivity index (χ4v) is 2.36. The van der Waals surface area contributed by atoms with Gasteiger partial charge < -0.3 is 10.7 Å². The van der Waals surface area contributed by atoms with Crippen LogP contribution in [-0.4, -0.2) is 24.5 Å². The number of hydrogen-bond acceptors (Lipinski definition) is 4. The lowest BCUT2D eigenvalue weighted by atomic mass is 10.1. The summed E-state index contributed by atoms with van der Waals surface area (Å²) in [7, 11) is 0. The highest BCUT2D eigenvalue weighted by molar-refractivity contribution is 7.98. The van der Waals surface area contributed by atoms with Gasteiger partial charge in [0.1, 0.15) is 0 Å². The predicted molar refractivity (Wildman–Crippen MR) is 78.9 cm³/mol. The van der Waals surface area contributed by atoms with Crippen LogP contribution in [0.1, 0.15) is 22.8 Å². The van der Waals surface area contributed by atoms with Gasteiger partial charge in [-0.2, -0.15) is 11.8 Å². The molecule has 1 unspecified atom stereocenters. The first-order chi connectivity index (χ1) is 8.58. The summed E-state index contributed by atoms with van der Waals surface area (Å²) in [6.45, 7) is 4.75. The number of carbonyl (C=O) groups excluding carboxylic acids is 1. The molecule has 1 aromatic carbocycles. The summed E-state index contributed by atoms with van der Waals surface area (Å²) < 4.78 is 0. The molecule has 1 rings (SSSR count). The maximum atomic E-state index is 12.1. The zero-order chi connectivity index (χ0) is 13.5. The first-order valence-corrected chi connectivity index (χ1v) is 7.32. The number of anilines is 1. The molecule has 0 fully saturated rings. The smallest absolute Gasteiger partial charge is 0.253 e. The van der Waals surface area contributed by atoms with Crippen molar-refractivity contribution in [1.82, 2.24) is 5.32 Å². The second kappa shape index (κ2) is 7.28. The molecular formula is C13H21N3OS. The van der Waals surface area contributed by atoms with Crippen LogP contribution >= 0.6 is 11.8 Å². The zero-order valence-electron chi connectivity index (χ0n) is 11.1. The van der Waals surface area contributed by atoms with E-state index in [1.807, 2.05) is 25.1 Å². The number of hydrazine groups is 1. The topological polar surface area (TPSA) is 67.2 Å². The van der Waals surface area contributed by atoms with Gasteiger partial charge in [-0.25, -0.2) is 0 Å². The van der Waals surface area contributed by atoms with E-state index in [9.17, 15) is 4.79 Å². The highest BCUT2D eigenvalue weighted by Crippen LogP contribution is 2.16. The normalized spacial score (nSPS) is 12.0. The molecular weight excluding hydrogens is 246 g/mol. The quantitative estimate of drug-likeness (QED) is 0.545. The second-order valence-electron chi connectivity index (χ2n) is 4.46. The lowest BCUT2D eigenvalue weighted by Gasteiger charge is -2.13. The summed E-state index contributed by atoms with van der Waals surface area (Å²) in [5.74, 6) is 6.82. The molecule has 100 valence electrons. The van der Waals surface area contributed by atoms with E-state index in [4.69, 9.17) is 5.84 Å². The van der Waals surface area contributed by atoms with Crippen molar-refractivity contribution >= 4 is 23.4 Å². The van der Waals surface area contributed by atoms with E-state index in [0.717, 1.165) is 11.3 Å². The molecule has 0 bridgehead atoms. The monoisotopic (exact) mass is 267 g/mol. The van der Waals surface area contributed by atoms with Gasteiger partial charge in [0.25, 0.3) is 5.91 Å². The maximum absolute atomic E-state index is 12.1. The number of aryl methyl sites for hydroxylation is 1. The summed E-state index contributed by atoms with van der Waals surface area (Å²) in [5, 5.41) is 2.94. The van der Waals surface area contributed by atoms with Crippen molar-refractivity contribution < 1.29 is 4.79 Å². The number of carbonyl (C=O) groups is 1. The number of hydrogen-bond donors (Lipinski definition) is 3. The number of benzene rings is 1. The van der Waals surface area contributed by atoms with Gasteiger partial charge in [-0.1, -0.05) is 18.6 Å². The molecule has 5 heteroatoms. The van der Waals surface area contributed by atoms with Gasteiger partial charge in [0.2, 0.25) is 0 Å². The Hall–Kier alpha value is -1.20. The lowest BCUT2D eigenvalue weighted by Crippen LogP contribution is -2.30. The highest BCUT2D eigenvalue weighted by atomic mass is 32.2. The fraction of sp³-hybridized carbons (Fsp3) is 0.462. The fourth-order valence-electron chi connectivity index (χ4n) is 1.68. The van der Waals surface area contributed by atoms with E-state index in [-0.39, 0.29) is 5.91 Å². The third-order valence-electron chi connectivity index (χ3n) is 2.64. The van der Waals surface area contributed by atoms with E-state index >= 15 is 0 Å². The van der Waals surface area contributed by atoms with E-state index < -0.39 is 0 Å². The number of amides is 1. The maximum Gasteiger partial charge on any atom is 0.253 e. The minimum Gasteiger partial charge on any atom is -0.352 e. The van der Waals surface area contributed by atoms with Gasteiger partial charge in [0, 0.05) is 6.54 Å². The third kappa shape index (κ3) is 4.23. The van der Waals surface area contributed by atoms with Crippen molar-refractivity contribution in [2.45, 2.75) is 13.8 Å². The van der Waals surface area contributed by atoms with Gasteiger partial charge in [0.15, 0.2) is 0 Å². The van der Waals surface area contributed by atoms with Gasteiger partial charge in [0.05, 0.1) is 11.3 Å². The summed E-state index contributed by atoms with van der Waals surface area (Å²) in [4.78, 5) is 12.1. The van der Waals surface area contributed by atoms with Crippen LogP contribution in [0.4, 0.5) is 5.69 Å². The van der Waals surface area contributed by atoms with Crippen LogP contribution in [0, 0.1) is 12.8 Å². The molecule has 1 aromatic rings. The summed E-state index contributed by atoms with van der Waals surface area (Å²) in [6, 6.07) is 5.57. The zero-order valence-corrected chi connectivity index (χ0v) is 11.9. The molecule has 0 heterocycles. The van der Waals surface area contributed by atoms with Crippen LogP contribution in [0.3, 0.4) is 0 Å². The summed E-state index contributed by atoms with van der Waals surface area (Å²) >= 11 is 1.78. The average molecular weight is 267 g/mol. The van der Waals surface area contributed by atoms with Crippen LogP contribution in [0.15, 0.2) is 18.2 Å². The predicted octanol–water partition coefficient (Wildman–Crippen LogP) is 2.01. The molecule has 4 nitrogen and oxygen atoms in total. The number of nitrogens with one attached hydrogen (secondary N) is 2. The van der Waals surface area contributed by atoms with E-state index in [0.29, 0.717) is 23.7 Å². The molecule has 0 saturated carbocycles. The third-order valence-corrected chi connectivity index (χ3v) is 3.54. The summed E-state index contributed by atoms with van der Waals surface area (Å²) in [5.41, 5.74) is 4.83. The van der Waals surface area contributed by atoms with Crippen molar-refractivity contribution in [2.75, 3.05) is 24.0 Å². The Morgan fingerprint density at radius 2 is 2.22 bits per heavy atom. The van der Waals surface area contributed by atoms with Gasteiger partial charge in [-0.15, -0.1) is 0 Å². The van der Waals surface area contributed by atoms with Crippen molar-refractivity contribution in [3.63, 3.8) is 0 Å². The van der Waals surface area contributed by atoms with Gasteiger partial charge in [-0.3, -0.25) is 10.6 Å². The number of rotatable bonds is 6. The minimum absolute atomic E-state index is 0.0837. The Kier molecular flexibility index (Phi) is 6.01. The Balaban J connectivity index is 2.68. The lowest BCUT2D eigenvalue weighted by molar-refractivity contribution is 0.0950. The van der Waals surface area contributed by atoms with E-state index in [1.54, 1.807) is 11.8 Å². The largest absolute Gasteiger partial charge is 0.352 e. The Bertz CT molecular complexity index is 409. The molecule has 0 saturated heterocycles. The molecule has 4 N–H and O–H groups in total. The van der Waals surface area contributed by atoms with E-state index in [1.165, 1.54) is 0 Å². The molecule has 0 aromatic heterocycles. The molecule has 0 aliphatic heterocycles. The highest BCUT2D eigenvalue weighted by Gasteiger charge is 2.12. The Morgan fingerprint density at radius 1 is 1.50 bits per heavy atom. The molecule has 0 spiro atoms. The first kappa shape index (κ1) is 14.9. The first-order valence-electron chi connectivity index (χ1n) is 5.93. The molecule has 18 heavy (non-hydrogen) atoms. The van der Waals surface area contributed by atoms with Crippen LogP contribution in [0.5, 0.6) is 0 Å². The van der Waals surface area contributed by atoms with Crippen molar-refractivity contribution in [3.05, 3.63) is 29.3 Å². The number of nitrogens with two attached hydrogens (primary N) is 1. The standard InChI is InChI=1S/C13H21N3OS/c1-9-4-5-12(16-14)11(6-9)13(17)15-7-10(2)8-18-3/h4-6,10,16H,7-8,14H2,1-3H3,(H,15,17). The summed E-state index contributed by atoms with van der Waals surface area (Å²) in [6.07, 6.45) is 2.06. The molecule has 0 aliphatic rings. The molecule has 1 amide bonds. The molecule has 1 atom stereocenters. The van der Waals surface area contributed by atoms with Gasteiger partial charge in [-0.05, 0) is 37.0 Å². The second-order valence-corrected chi connectivity index (χ2v) is 5.37.